The van der Waals surface area contributed by atoms with Crippen LogP contribution in [0.5, 0.6) is 0 Å². The van der Waals surface area contributed by atoms with Gasteiger partial charge >= 0.3 is 0 Å². The molecule has 1 N–H and O–H groups in total. The third-order valence-corrected chi connectivity index (χ3v) is 5.92. The van der Waals surface area contributed by atoms with E-state index in [-0.39, 0.29) is 5.92 Å². The molecular weight excluding hydrogens is 340 g/mol. The molecule has 0 aliphatic carbocycles. The highest BCUT2D eigenvalue weighted by molar-refractivity contribution is 5.58. The average Bonchev–Trinajstić information content (AvgIpc) is 3.24. The van der Waals surface area contributed by atoms with Crippen LogP contribution in [0.25, 0.3) is 0 Å². The molecule has 2 aliphatic heterocycles. The zero-order valence-corrected chi connectivity index (χ0v) is 16.1. The molecule has 2 fully saturated rings. The summed E-state index contributed by atoms with van der Waals surface area (Å²) in [5.41, 5.74) is 1.41. The Balaban J connectivity index is 1.50. The molecule has 27 heavy (non-hydrogen) atoms. The second kappa shape index (κ2) is 7.44. The van der Waals surface area contributed by atoms with Gasteiger partial charge in [0.25, 0.3) is 0 Å². The van der Waals surface area contributed by atoms with E-state index in [0.717, 1.165) is 56.2 Å². The van der Waals surface area contributed by atoms with Crippen molar-refractivity contribution in [2.75, 3.05) is 43.2 Å². The molecule has 0 bridgehead atoms. The van der Waals surface area contributed by atoms with Crippen LogP contribution in [-0.2, 0) is 4.74 Å². The molecule has 6 nitrogen and oxygen atoms in total. The van der Waals surface area contributed by atoms with Gasteiger partial charge in [0, 0.05) is 50.1 Å². The van der Waals surface area contributed by atoms with E-state index in [1.54, 1.807) is 0 Å². The first-order valence-corrected chi connectivity index (χ1v) is 9.75. The van der Waals surface area contributed by atoms with Crippen LogP contribution in [0.15, 0.2) is 36.4 Å². The monoisotopic (exact) mass is 368 g/mol. The lowest BCUT2D eigenvalue weighted by atomic mass is 9.79. The van der Waals surface area contributed by atoms with E-state index >= 15 is 0 Å². The predicted molar refractivity (Wildman–Crippen MR) is 107 cm³/mol. The first kappa shape index (κ1) is 18.2. The Morgan fingerprint density at radius 2 is 1.93 bits per heavy atom. The summed E-state index contributed by atoms with van der Waals surface area (Å²) in [5, 5.41) is 11.0. The Kier molecular flexibility index (Phi) is 5.02. The summed E-state index contributed by atoms with van der Waals surface area (Å²) in [7, 11) is 1.99. The van der Waals surface area contributed by atoms with Crippen LogP contribution in [0, 0.1) is 12.8 Å². The molecule has 0 amide bonds. The average molecular weight is 368 g/mol. The molecule has 0 saturated carbocycles. The van der Waals surface area contributed by atoms with Gasteiger partial charge in [0.2, 0.25) is 5.95 Å². The lowest BCUT2D eigenvalue weighted by Gasteiger charge is -2.42. The highest BCUT2D eigenvalue weighted by atomic mass is 16.5. The van der Waals surface area contributed by atoms with Crippen LogP contribution < -0.4 is 9.80 Å². The van der Waals surface area contributed by atoms with Gasteiger partial charge < -0.3 is 19.6 Å². The van der Waals surface area contributed by atoms with Crippen LogP contribution in [0.4, 0.5) is 17.5 Å². The number of hydrogen-bond donors (Lipinski definition) is 1. The molecule has 2 saturated heterocycles. The van der Waals surface area contributed by atoms with E-state index in [2.05, 4.69) is 22.0 Å². The minimum Gasteiger partial charge on any atom is -0.389 e. The Hall–Kier alpha value is -2.18. The van der Waals surface area contributed by atoms with Crippen molar-refractivity contribution < 1.29 is 9.84 Å². The number of aliphatic hydroxyl groups is 1. The first-order valence-electron chi connectivity index (χ1n) is 9.75. The molecule has 1 aromatic heterocycles. The molecule has 1 aromatic carbocycles. The molecule has 0 radical (unpaired) electrons. The molecule has 144 valence electrons. The molecule has 2 aromatic rings. The highest BCUT2D eigenvalue weighted by Crippen LogP contribution is 2.36. The number of piperidine rings is 1. The summed E-state index contributed by atoms with van der Waals surface area (Å²) < 4.78 is 5.49. The van der Waals surface area contributed by atoms with Crippen molar-refractivity contribution in [3.05, 3.63) is 42.1 Å². The normalized spacial score (nSPS) is 22.0. The fourth-order valence-electron chi connectivity index (χ4n) is 4.11. The van der Waals surface area contributed by atoms with Gasteiger partial charge in [-0.25, -0.2) is 4.98 Å². The maximum atomic E-state index is 11.0. The van der Waals surface area contributed by atoms with Crippen LogP contribution in [-0.4, -0.2) is 54.0 Å². The van der Waals surface area contributed by atoms with Gasteiger partial charge in [-0.1, -0.05) is 18.2 Å². The van der Waals surface area contributed by atoms with E-state index < -0.39 is 5.60 Å². The van der Waals surface area contributed by atoms with Gasteiger partial charge in [-0.2, -0.15) is 4.98 Å². The number of aryl methyl sites for hydroxylation is 1. The lowest BCUT2D eigenvalue weighted by molar-refractivity contribution is -0.0411. The fourth-order valence-corrected chi connectivity index (χ4v) is 4.11. The van der Waals surface area contributed by atoms with E-state index in [4.69, 9.17) is 9.72 Å². The number of para-hydroxylation sites is 1. The quantitative estimate of drug-likeness (QED) is 0.895. The largest absolute Gasteiger partial charge is 0.389 e. The van der Waals surface area contributed by atoms with Gasteiger partial charge in [-0.15, -0.1) is 0 Å². The van der Waals surface area contributed by atoms with Crippen LogP contribution in [0.3, 0.4) is 0 Å². The molecule has 1 unspecified atom stereocenters. The predicted octanol–water partition coefficient (Wildman–Crippen LogP) is 2.92. The molecule has 2 aliphatic rings. The summed E-state index contributed by atoms with van der Waals surface area (Å²) in [4.78, 5) is 13.7. The van der Waals surface area contributed by atoms with Crippen molar-refractivity contribution in [3.8, 4) is 0 Å². The standard InChI is InChI=1S/C21H28N4O2/c1-16-14-19(23-20(22-16)24(2)18-6-4-3-5-7-18)25-11-9-21(26,10-12-25)17-8-13-27-15-17/h3-7,14,17,26H,8-13,15H2,1-2H3. The second-order valence-electron chi connectivity index (χ2n) is 7.71. The van der Waals surface area contributed by atoms with Crippen LogP contribution in [0.1, 0.15) is 25.0 Å². The molecule has 3 heterocycles. The summed E-state index contributed by atoms with van der Waals surface area (Å²) >= 11 is 0. The molecule has 1 atom stereocenters. The Bertz CT molecular complexity index is 769. The number of nitrogens with zero attached hydrogens (tertiary/aromatic N) is 4. The summed E-state index contributed by atoms with van der Waals surface area (Å²) in [6.45, 7) is 5.08. The fraction of sp³-hybridized carbons (Fsp3) is 0.524. The van der Waals surface area contributed by atoms with Crippen molar-refractivity contribution in [3.63, 3.8) is 0 Å². The number of rotatable bonds is 4. The summed E-state index contributed by atoms with van der Waals surface area (Å²) in [6, 6.07) is 12.2. The van der Waals surface area contributed by atoms with Crippen LogP contribution in [0.2, 0.25) is 0 Å². The molecule has 0 spiro atoms. The van der Waals surface area contributed by atoms with Gasteiger partial charge in [-0.05, 0) is 38.3 Å². The summed E-state index contributed by atoms with van der Waals surface area (Å²) in [5.74, 6) is 1.90. The van der Waals surface area contributed by atoms with Crippen molar-refractivity contribution in [1.82, 2.24) is 9.97 Å². The van der Waals surface area contributed by atoms with Crippen molar-refractivity contribution in [2.45, 2.75) is 31.8 Å². The van der Waals surface area contributed by atoms with Gasteiger partial charge in [-0.3, -0.25) is 0 Å². The van der Waals surface area contributed by atoms with Crippen molar-refractivity contribution in [1.29, 1.82) is 0 Å². The SMILES string of the molecule is Cc1cc(N2CCC(O)(C3CCOC3)CC2)nc(N(C)c2ccccc2)n1. The van der Waals surface area contributed by atoms with Gasteiger partial charge in [0.05, 0.1) is 12.2 Å². The van der Waals surface area contributed by atoms with E-state index in [1.807, 2.05) is 43.1 Å². The molecule has 4 rings (SSSR count). The smallest absolute Gasteiger partial charge is 0.231 e. The van der Waals surface area contributed by atoms with Crippen LogP contribution >= 0.6 is 0 Å². The third-order valence-electron chi connectivity index (χ3n) is 5.92. The third kappa shape index (κ3) is 3.77. The minimum atomic E-state index is -0.598. The second-order valence-corrected chi connectivity index (χ2v) is 7.71. The minimum absolute atomic E-state index is 0.270. The number of aromatic nitrogens is 2. The van der Waals surface area contributed by atoms with Crippen molar-refractivity contribution in [2.24, 2.45) is 5.92 Å². The van der Waals surface area contributed by atoms with Crippen molar-refractivity contribution >= 4 is 17.5 Å². The molecular formula is C21H28N4O2. The van der Waals surface area contributed by atoms with Gasteiger partial charge in [0.1, 0.15) is 5.82 Å². The maximum absolute atomic E-state index is 11.0. The number of hydrogen-bond acceptors (Lipinski definition) is 6. The topological polar surface area (TPSA) is 61.7 Å². The Morgan fingerprint density at radius 1 is 1.19 bits per heavy atom. The van der Waals surface area contributed by atoms with E-state index in [0.29, 0.717) is 12.6 Å². The number of ether oxygens (including phenoxy) is 1. The maximum Gasteiger partial charge on any atom is 0.231 e. The Morgan fingerprint density at radius 3 is 2.59 bits per heavy atom. The van der Waals surface area contributed by atoms with Gasteiger partial charge in [0.15, 0.2) is 0 Å². The number of anilines is 3. The zero-order valence-electron chi connectivity index (χ0n) is 16.1. The first-order chi connectivity index (χ1) is 13.0. The van der Waals surface area contributed by atoms with E-state index in [9.17, 15) is 5.11 Å². The van der Waals surface area contributed by atoms with E-state index in [1.165, 1.54) is 0 Å². The summed E-state index contributed by atoms with van der Waals surface area (Å²) in [6.07, 6.45) is 2.48. The molecule has 6 heteroatoms. The Labute approximate surface area is 160 Å². The lowest BCUT2D eigenvalue weighted by Crippen LogP contribution is -2.49. The number of benzene rings is 1. The highest BCUT2D eigenvalue weighted by Gasteiger charge is 2.41. The zero-order chi connectivity index (χ0) is 18.9.